The third-order valence-electron chi connectivity index (χ3n) is 8.75. The molecule has 4 aromatic carbocycles. The molecule has 3 unspecified atom stereocenters. The normalized spacial score (nSPS) is 26.8. The maximum Gasteiger partial charge on any atom is 0.186 e. The maximum atomic E-state index is 6.71. The molecule has 8 heteroatoms. The lowest BCUT2D eigenvalue weighted by atomic mass is 9.97. The molecule has 0 aromatic heterocycles. The molecule has 2 aliphatic heterocycles. The lowest BCUT2D eigenvalue weighted by Gasteiger charge is -2.45. The van der Waals surface area contributed by atoms with Crippen molar-refractivity contribution in [2.24, 2.45) is 0 Å². The van der Waals surface area contributed by atoms with E-state index in [-0.39, 0.29) is 18.8 Å². The van der Waals surface area contributed by atoms with Crippen LogP contribution in [0.1, 0.15) is 28.7 Å². The predicted molar refractivity (Wildman–Crippen MR) is 185 cm³/mol. The maximum absolute atomic E-state index is 6.71. The monoisotopic (exact) mass is 666 g/mol. The first-order chi connectivity index (χ1) is 24.2. The Morgan fingerprint density at radius 2 is 1.00 bits per heavy atom. The van der Waals surface area contributed by atoms with E-state index in [4.69, 9.17) is 37.9 Å². The van der Waals surface area contributed by atoms with Crippen molar-refractivity contribution < 1.29 is 37.9 Å². The molecular formula is C41H46O8. The molecular weight excluding hydrogens is 620 g/mol. The average Bonchev–Trinajstić information content (AvgIpc) is 3.57. The Morgan fingerprint density at radius 1 is 0.551 bits per heavy atom. The summed E-state index contributed by atoms with van der Waals surface area (Å²) in [7, 11) is 1.61. The van der Waals surface area contributed by atoms with Gasteiger partial charge in [0.2, 0.25) is 0 Å². The standard InChI is InChI=1S/C41H46O8/c1-3-34-24-35(43-25-30-16-8-4-9-17-30)40(48-34)47-29-36-37(44-26-31-18-10-5-11-19-31)38(45-27-32-20-12-6-13-21-32)39(41(42-2)49-36)46-28-33-22-14-7-15-23-33/h3-23,34-41H,1,24-29H2,2H3/t34-,35-,36?,37+,38?,39?,40-,41-/m0/s1. The Hall–Kier alpha value is -3.70. The number of ether oxygens (including phenoxy) is 8. The summed E-state index contributed by atoms with van der Waals surface area (Å²) >= 11 is 0. The zero-order chi connectivity index (χ0) is 33.7. The highest BCUT2D eigenvalue weighted by Crippen LogP contribution is 2.33. The van der Waals surface area contributed by atoms with Crippen LogP contribution in [0, 0.1) is 0 Å². The fourth-order valence-corrected chi connectivity index (χ4v) is 6.14. The Kier molecular flexibility index (Phi) is 13.1. The minimum atomic E-state index is -0.745. The molecule has 8 atom stereocenters. The van der Waals surface area contributed by atoms with Crippen LogP contribution in [0.2, 0.25) is 0 Å². The van der Waals surface area contributed by atoms with Crippen LogP contribution in [0.4, 0.5) is 0 Å². The summed E-state index contributed by atoms with van der Waals surface area (Å²) in [5, 5.41) is 0. The van der Waals surface area contributed by atoms with E-state index < -0.39 is 37.0 Å². The van der Waals surface area contributed by atoms with Crippen molar-refractivity contribution in [3.8, 4) is 0 Å². The summed E-state index contributed by atoms with van der Waals surface area (Å²) < 4.78 is 51.5. The molecule has 4 aromatic rings. The van der Waals surface area contributed by atoms with Gasteiger partial charge < -0.3 is 37.9 Å². The van der Waals surface area contributed by atoms with E-state index in [2.05, 4.69) is 6.58 Å². The zero-order valence-electron chi connectivity index (χ0n) is 28.0. The van der Waals surface area contributed by atoms with Crippen LogP contribution < -0.4 is 0 Å². The summed E-state index contributed by atoms with van der Waals surface area (Å²) in [4.78, 5) is 0. The average molecular weight is 667 g/mol. The molecule has 0 saturated carbocycles. The van der Waals surface area contributed by atoms with Crippen LogP contribution >= 0.6 is 0 Å². The van der Waals surface area contributed by atoms with Gasteiger partial charge in [0.1, 0.15) is 30.5 Å². The Balaban J connectivity index is 1.23. The van der Waals surface area contributed by atoms with E-state index >= 15 is 0 Å². The highest BCUT2D eigenvalue weighted by molar-refractivity contribution is 5.16. The molecule has 8 nitrogen and oxygen atoms in total. The molecule has 2 saturated heterocycles. The van der Waals surface area contributed by atoms with Gasteiger partial charge in [0.25, 0.3) is 0 Å². The van der Waals surface area contributed by atoms with Crippen molar-refractivity contribution in [2.45, 2.75) is 82.1 Å². The third kappa shape index (κ3) is 9.94. The van der Waals surface area contributed by atoms with Crippen LogP contribution in [0.25, 0.3) is 0 Å². The number of benzene rings is 4. The van der Waals surface area contributed by atoms with Gasteiger partial charge in [-0.1, -0.05) is 127 Å². The van der Waals surface area contributed by atoms with Gasteiger partial charge in [-0.25, -0.2) is 0 Å². The van der Waals surface area contributed by atoms with Gasteiger partial charge in [-0.15, -0.1) is 6.58 Å². The summed E-state index contributed by atoms with van der Waals surface area (Å²) in [6.07, 6.45) is -1.73. The van der Waals surface area contributed by atoms with E-state index in [1.54, 1.807) is 13.2 Å². The van der Waals surface area contributed by atoms with Crippen LogP contribution in [-0.4, -0.2) is 62.9 Å². The number of hydrogen-bond donors (Lipinski definition) is 0. The fraction of sp³-hybridized carbons (Fsp3) is 0.366. The first-order valence-corrected chi connectivity index (χ1v) is 16.9. The molecule has 258 valence electrons. The molecule has 0 bridgehead atoms. The second kappa shape index (κ2) is 18.3. The largest absolute Gasteiger partial charge is 0.368 e. The quantitative estimate of drug-likeness (QED) is 0.111. The highest BCUT2D eigenvalue weighted by atomic mass is 16.7. The van der Waals surface area contributed by atoms with Crippen molar-refractivity contribution in [3.05, 3.63) is 156 Å². The molecule has 2 heterocycles. The molecule has 0 spiro atoms. The van der Waals surface area contributed by atoms with Gasteiger partial charge in [0.05, 0.1) is 39.1 Å². The van der Waals surface area contributed by atoms with Crippen LogP contribution in [-0.2, 0) is 64.3 Å². The molecule has 0 N–H and O–H groups in total. The molecule has 49 heavy (non-hydrogen) atoms. The van der Waals surface area contributed by atoms with Crippen LogP contribution in [0.3, 0.4) is 0 Å². The van der Waals surface area contributed by atoms with Crippen molar-refractivity contribution in [1.29, 1.82) is 0 Å². The summed E-state index contributed by atoms with van der Waals surface area (Å²) in [5.41, 5.74) is 4.17. The SMILES string of the molecule is C=C[C@H]1C[C@H](OCc2ccccc2)[C@@H](OCC2O[C@H](OC)C(OCc3ccccc3)C(OCc3ccccc3)[C@@H]2OCc2ccccc2)O1. The van der Waals surface area contributed by atoms with Gasteiger partial charge in [0.15, 0.2) is 12.6 Å². The Bertz CT molecular complexity index is 1510. The summed E-state index contributed by atoms with van der Waals surface area (Å²) in [6, 6.07) is 40.2. The number of methoxy groups -OCH3 is 1. The number of hydrogen-bond acceptors (Lipinski definition) is 8. The number of rotatable bonds is 17. The van der Waals surface area contributed by atoms with Crippen molar-refractivity contribution in [1.82, 2.24) is 0 Å². The topological polar surface area (TPSA) is 73.8 Å². The van der Waals surface area contributed by atoms with Gasteiger partial charge >= 0.3 is 0 Å². The predicted octanol–water partition coefficient (Wildman–Crippen LogP) is 7.02. The van der Waals surface area contributed by atoms with Crippen LogP contribution in [0.5, 0.6) is 0 Å². The zero-order valence-corrected chi connectivity index (χ0v) is 28.0. The van der Waals surface area contributed by atoms with E-state index in [0.29, 0.717) is 32.8 Å². The lowest BCUT2D eigenvalue weighted by molar-refractivity contribution is -0.328. The van der Waals surface area contributed by atoms with E-state index in [9.17, 15) is 0 Å². The van der Waals surface area contributed by atoms with E-state index in [1.165, 1.54) is 0 Å². The molecule has 0 radical (unpaired) electrons. The molecule has 2 aliphatic rings. The fourth-order valence-electron chi connectivity index (χ4n) is 6.14. The first-order valence-electron chi connectivity index (χ1n) is 16.9. The van der Waals surface area contributed by atoms with E-state index in [1.807, 2.05) is 121 Å². The Labute approximate surface area is 289 Å². The minimum Gasteiger partial charge on any atom is -0.368 e. The van der Waals surface area contributed by atoms with Crippen LogP contribution in [0.15, 0.2) is 134 Å². The molecule has 6 rings (SSSR count). The second-order valence-corrected chi connectivity index (χ2v) is 12.2. The van der Waals surface area contributed by atoms with Crippen molar-refractivity contribution >= 4 is 0 Å². The minimum absolute atomic E-state index is 0.148. The third-order valence-corrected chi connectivity index (χ3v) is 8.75. The van der Waals surface area contributed by atoms with Crippen molar-refractivity contribution in [2.75, 3.05) is 13.7 Å². The second-order valence-electron chi connectivity index (χ2n) is 12.2. The lowest BCUT2D eigenvalue weighted by Crippen LogP contribution is -2.61. The molecule has 2 fully saturated rings. The molecule has 0 amide bonds. The smallest absolute Gasteiger partial charge is 0.186 e. The highest BCUT2D eigenvalue weighted by Gasteiger charge is 2.49. The molecule has 0 aliphatic carbocycles. The Morgan fingerprint density at radius 3 is 1.47 bits per heavy atom. The van der Waals surface area contributed by atoms with Gasteiger partial charge in [-0.05, 0) is 22.3 Å². The summed E-state index contributed by atoms with van der Waals surface area (Å²) in [5.74, 6) is 0. The van der Waals surface area contributed by atoms with Gasteiger partial charge in [-0.3, -0.25) is 0 Å². The van der Waals surface area contributed by atoms with Crippen molar-refractivity contribution in [3.63, 3.8) is 0 Å². The first kappa shape index (κ1) is 35.1. The van der Waals surface area contributed by atoms with Gasteiger partial charge in [-0.2, -0.15) is 0 Å². The van der Waals surface area contributed by atoms with Gasteiger partial charge in [0, 0.05) is 13.5 Å². The summed E-state index contributed by atoms with van der Waals surface area (Å²) in [6.45, 7) is 5.59. The van der Waals surface area contributed by atoms with E-state index in [0.717, 1.165) is 22.3 Å².